The molecule has 0 saturated carbocycles. The van der Waals surface area contributed by atoms with E-state index in [1.807, 2.05) is 0 Å². The van der Waals surface area contributed by atoms with Crippen LogP contribution in [0.5, 0.6) is 0 Å². The van der Waals surface area contributed by atoms with E-state index in [2.05, 4.69) is 52.2 Å². The van der Waals surface area contributed by atoms with E-state index in [1.54, 1.807) is 0 Å². The van der Waals surface area contributed by atoms with Crippen molar-refractivity contribution < 1.29 is 9.53 Å². The van der Waals surface area contributed by atoms with Gasteiger partial charge in [-0.15, -0.1) is 0 Å². The average molecular weight is 479 g/mol. The highest BCUT2D eigenvalue weighted by Gasteiger charge is 2.59. The number of amides is 1. The molecule has 4 nitrogen and oxygen atoms in total. The normalized spacial score (nSPS) is 25.1. The van der Waals surface area contributed by atoms with Crippen molar-refractivity contribution in [1.29, 1.82) is 0 Å². The fourth-order valence-corrected chi connectivity index (χ4v) is 6.71. The molecule has 2 aliphatic rings. The van der Waals surface area contributed by atoms with E-state index in [0.29, 0.717) is 0 Å². The first-order valence-electron chi connectivity index (χ1n) is 14.8. The lowest BCUT2D eigenvalue weighted by Gasteiger charge is -2.50. The van der Waals surface area contributed by atoms with Crippen LogP contribution in [0.4, 0.5) is 0 Å². The molecule has 0 aromatic heterocycles. The lowest BCUT2D eigenvalue weighted by atomic mass is 9.72. The van der Waals surface area contributed by atoms with Gasteiger partial charge in [0.1, 0.15) is 5.72 Å². The van der Waals surface area contributed by atoms with Crippen molar-refractivity contribution in [3.05, 3.63) is 0 Å². The van der Waals surface area contributed by atoms with Gasteiger partial charge >= 0.3 is 0 Å². The minimum Gasteiger partial charge on any atom is -0.340 e. The number of carbonyl (C=O) groups excluding carboxylic acids is 1. The quantitative estimate of drug-likeness (QED) is 0.207. The van der Waals surface area contributed by atoms with Crippen LogP contribution in [0.3, 0.4) is 0 Å². The smallest absolute Gasteiger partial charge is 0.254 e. The summed E-state index contributed by atoms with van der Waals surface area (Å²) in [5, 5.41) is 6.90. The Bertz CT molecular complexity index is 585. The fourth-order valence-electron chi connectivity index (χ4n) is 6.71. The maximum atomic E-state index is 13.1. The molecule has 2 heterocycles. The van der Waals surface area contributed by atoms with Crippen LogP contribution in [0.25, 0.3) is 0 Å². The average Bonchev–Trinajstić information content (AvgIpc) is 2.93. The first kappa shape index (κ1) is 29.6. The van der Waals surface area contributed by atoms with E-state index in [1.165, 1.54) is 96.3 Å². The Hall–Kier alpha value is -0.610. The van der Waals surface area contributed by atoms with Crippen molar-refractivity contribution in [3.8, 4) is 0 Å². The predicted octanol–water partition coefficient (Wildman–Crippen LogP) is 8.18. The summed E-state index contributed by atoms with van der Waals surface area (Å²) in [6.07, 6.45) is 24.4. The molecule has 34 heavy (non-hydrogen) atoms. The van der Waals surface area contributed by atoms with Crippen molar-refractivity contribution >= 4 is 5.91 Å². The molecule has 1 atom stereocenters. The predicted molar refractivity (Wildman–Crippen MR) is 145 cm³/mol. The molecule has 1 spiro atoms. The molecular formula is C30H58N2O2. The molecule has 200 valence electrons. The van der Waals surface area contributed by atoms with Gasteiger partial charge in [-0.1, -0.05) is 103 Å². The van der Waals surface area contributed by atoms with E-state index in [9.17, 15) is 4.79 Å². The van der Waals surface area contributed by atoms with Crippen LogP contribution in [-0.4, -0.2) is 28.3 Å². The topological polar surface area (TPSA) is 50.4 Å². The summed E-state index contributed by atoms with van der Waals surface area (Å²) < 4.78 is 6.58. The third kappa shape index (κ3) is 10.2. The summed E-state index contributed by atoms with van der Waals surface area (Å²) in [5.41, 5.74) is -1.43. The maximum absolute atomic E-state index is 13.1. The number of ether oxygens (including phenoxy) is 1. The Balaban J connectivity index is 1.51. The van der Waals surface area contributed by atoms with Gasteiger partial charge in [0.25, 0.3) is 5.91 Å². The Kier molecular flexibility index (Phi) is 11.9. The maximum Gasteiger partial charge on any atom is 0.254 e. The monoisotopic (exact) mass is 478 g/mol. The number of rotatable bonds is 17. The molecule has 2 aliphatic heterocycles. The van der Waals surface area contributed by atoms with Gasteiger partial charge in [-0.25, -0.2) is 0 Å². The fraction of sp³-hybridized carbons (Fsp3) is 0.967. The summed E-state index contributed by atoms with van der Waals surface area (Å²) in [6, 6.07) is 0. The molecule has 2 N–H and O–H groups in total. The van der Waals surface area contributed by atoms with E-state index in [4.69, 9.17) is 4.74 Å². The molecule has 1 unspecified atom stereocenters. The first-order valence-corrected chi connectivity index (χ1v) is 14.8. The van der Waals surface area contributed by atoms with Crippen LogP contribution in [-0.2, 0) is 9.53 Å². The molecule has 0 aliphatic carbocycles. The second-order valence-electron chi connectivity index (χ2n) is 13.1. The third-order valence-corrected chi connectivity index (χ3v) is 7.85. The molecular weight excluding hydrogens is 420 g/mol. The standard InChI is InChI=1S/C30H58N2O2/c1-7-8-9-10-11-12-13-14-15-16-17-18-19-20-21-22-23-29(6)31-26(33)30(34-29)24-27(2,3)32-28(4,5)25-30/h32H,7-25H2,1-6H3,(H,31,33). The number of nitrogens with one attached hydrogen (secondary N) is 2. The number of unbranched alkanes of at least 4 members (excludes halogenated alkanes) is 15. The number of carbonyl (C=O) groups is 1. The highest BCUT2D eigenvalue weighted by Crippen LogP contribution is 2.44. The van der Waals surface area contributed by atoms with Crippen molar-refractivity contribution in [1.82, 2.24) is 10.6 Å². The SMILES string of the molecule is CCCCCCCCCCCCCCCCCCC1(C)NC(=O)C2(CC(C)(C)NC(C)(C)C2)O1. The van der Waals surface area contributed by atoms with Gasteiger partial charge < -0.3 is 15.4 Å². The zero-order valence-electron chi connectivity index (χ0n) is 23.8. The second kappa shape index (κ2) is 13.6. The summed E-state index contributed by atoms with van der Waals surface area (Å²) in [5.74, 6) is 0.0918. The van der Waals surface area contributed by atoms with Gasteiger partial charge in [-0.2, -0.15) is 0 Å². The van der Waals surface area contributed by atoms with Crippen molar-refractivity contribution in [2.75, 3.05) is 0 Å². The van der Waals surface area contributed by atoms with Gasteiger partial charge in [0.05, 0.1) is 0 Å². The Labute approximate surface area is 212 Å². The van der Waals surface area contributed by atoms with Gasteiger partial charge in [0.15, 0.2) is 5.60 Å². The van der Waals surface area contributed by atoms with Gasteiger partial charge in [0.2, 0.25) is 0 Å². The number of hydrogen-bond donors (Lipinski definition) is 2. The molecule has 2 saturated heterocycles. The zero-order chi connectivity index (χ0) is 25.1. The van der Waals surface area contributed by atoms with Crippen LogP contribution in [0, 0.1) is 0 Å². The van der Waals surface area contributed by atoms with Crippen LogP contribution in [0.15, 0.2) is 0 Å². The number of piperidine rings is 1. The number of hydrogen-bond acceptors (Lipinski definition) is 3. The first-order chi connectivity index (χ1) is 16.0. The molecule has 0 radical (unpaired) electrons. The molecule has 4 heteroatoms. The van der Waals surface area contributed by atoms with Crippen LogP contribution < -0.4 is 10.6 Å². The van der Waals surface area contributed by atoms with Crippen molar-refractivity contribution in [3.63, 3.8) is 0 Å². The zero-order valence-corrected chi connectivity index (χ0v) is 23.8. The van der Waals surface area contributed by atoms with Crippen LogP contribution >= 0.6 is 0 Å². The molecule has 0 bridgehead atoms. The summed E-state index contributed by atoms with van der Waals surface area (Å²) in [7, 11) is 0. The summed E-state index contributed by atoms with van der Waals surface area (Å²) >= 11 is 0. The summed E-state index contributed by atoms with van der Waals surface area (Å²) in [6.45, 7) is 13.1. The highest BCUT2D eigenvalue weighted by molar-refractivity contribution is 5.88. The third-order valence-electron chi connectivity index (χ3n) is 7.85. The van der Waals surface area contributed by atoms with E-state index >= 15 is 0 Å². The Morgan fingerprint density at radius 2 is 1.03 bits per heavy atom. The van der Waals surface area contributed by atoms with E-state index < -0.39 is 11.3 Å². The van der Waals surface area contributed by atoms with Crippen LogP contribution in [0.1, 0.15) is 164 Å². The van der Waals surface area contributed by atoms with Gasteiger partial charge in [-0.05, 0) is 47.5 Å². The second-order valence-corrected chi connectivity index (χ2v) is 13.1. The minimum absolute atomic E-state index is 0.0918. The largest absolute Gasteiger partial charge is 0.340 e. The minimum atomic E-state index is -0.692. The lowest BCUT2D eigenvalue weighted by Crippen LogP contribution is -2.65. The molecule has 2 fully saturated rings. The van der Waals surface area contributed by atoms with Crippen molar-refractivity contribution in [2.45, 2.75) is 186 Å². The highest BCUT2D eigenvalue weighted by atomic mass is 16.6. The summed E-state index contributed by atoms with van der Waals surface area (Å²) in [4.78, 5) is 13.1. The molecule has 2 rings (SSSR count). The van der Waals surface area contributed by atoms with Gasteiger partial charge in [0, 0.05) is 23.9 Å². The van der Waals surface area contributed by atoms with E-state index in [0.717, 1.165) is 25.7 Å². The van der Waals surface area contributed by atoms with Crippen molar-refractivity contribution in [2.24, 2.45) is 0 Å². The van der Waals surface area contributed by atoms with E-state index in [-0.39, 0.29) is 17.0 Å². The molecule has 0 aromatic carbocycles. The van der Waals surface area contributed by atoms with Gasteiger partial charge in [-0.3, -0.25) is 4.79 Å². The molecule has 1 amide bonds. The lowest BCUT2D eigenvalue weighted by molar-refractivity contribution is -0.159. The Morgan fingerprint density at radius 3 is 1.44 bits per heavy atom. The Morgan fingerprint density at radius 1 is 0.647 bits per heavy atom. The molecule has 0 aromatic rings. The van der Waals surface area contributed by atoms with Crippen LogP contribution in [0.2, 0.25) is 0 Å².